The molecule has 2 atom stereocenters. The summed E-state index contributed by atoms with van der Waals surface area (Å²) >= 11 is 0. The average molecular weight is 353 g/mol. The molecule has 1 aromatic carbocycles. The maximum absolute atomic E-state index is 11.0. The summed E-state index contributed by atoms with van der Waals surface area (Å²) in [6.45, 7) is 5.25. The van der Waals surface area contributed by atoms with Crippen LogP contribution in [-0.2, 0) is 0 Å². The Labute approximate surface area is 152 Å². The van der Waals surface area contributed by atoms with Gasteiger partial charge in [0.05, 0.1) is 4.92 Å². The lowest BCUT2D eigenvalue weighted by molar-refractivity contribution is -0.384. The molecule has 0 amide bonds. The molecular formula is C19H23N5O2. The van der Waals surface area contributed by atoms with Crippen molar-refractivity contribution in [3.8, 4) is 11.4 Å². The van der Waals surface area contributed by atoms with E-state index in [9.17, 15) is 10.1 Å². The van der Waals surface area contributed by atoms with Crippen LogP contribution in [0.4, 0.5) is 11.5 Å². The fourth-order valence-corrected chi connectivity index (χ4v) is 3.82. The zero-order valence-corrected chi connectivity index (χ0v) is 15.1. The molecule has 0 bridgehead atoms. The van der Waals surface area contributed by atoms with Crippen LogP contribution in [-0.4, -0.2) is 44.5 Å². The van der Waals surface area contributed by atoms with Crippen LogP contribution in [0.25, 0.3) is 11.4 Å². The van der Waals surface area contributed by atoms with Gasteiger partial charge in [-0.2, -0.15) is 0 Å². The third kappa shape index (κ3) is 3.53. The Morgan fingerprint density at radius 3 is 2.81 bits per heavy atom. The number of aryl methyl sites for hydroxylation is 1. The Bertz CT molecular complexity index is 836. The van der Waals surface area contributed by atoms with Gasteiger partial charge in [0.25, 0.3) is 5.69 Å². The van der Waals surface area contributed by atoms with Crippen LogP contribution in [0.2, 0.25) is 0 Å². The van der Waals surface area contributed by atoms with Crippen molar-refractivity contribution in [3.63, 3.8) is 0 Å². The fourth-order valence-electron chi connectivity index (χ4n) is 3.82. The van der Waals surface area contributed by atoms with Crippen LogP contribution in [0.1, 0.15) is 31.9 Å². The first-order valence-corrected chi connectivity index (χ1v) is 9.12. The molecule has 0 spiro atoms. The highest BCUT2D eigenvalue weighted by molar-refractivity contribution is 5.61. The molecule has 2 fully saturated rings. The van der Waals surface area contributed by atoms with E-state index in [1.165, 1.54) is 25.0 Å². The van der Waals surface area contributed by atoms with E-state index in [1.807, 2.05) is 13.0 Å². The smallest absolute Gasteiger partial charge is 0.270 e. The topological polar surface area (TPSA) is 84.2 Å². The molecule has 26 heavy (non-hydrogen) atoms. The van der Waals surface area contributed by atoms with Crippen molar-refractivity contribution in [3.05, 3.63) is 46.1 Å². The van der Waals surface area contributed by atoms with Crippen molar-refractivity contribution in [2.45, 2.75) is 51.2 Å². The highest BCUT2D eigenvalue weighted by atomic mass is 16.6. The summed E-state index contributed by atoms with van der Waals surface area (Å²) < 4.78 is 0. The van der Waals surface area contributed by atoms with Crippen LogP contribution in [0.15, 0.2) is 30.3 Å². The zero-order chi connectivity index (χ0) is 18.3. The maximum Gasteiger partial charge on any atom is 0.270 e. The number of nitro benzene ring substituents is 1. The number of likely N-dealkylation sites (tertiary alicyclic amines) is 1. The van der Waals surface area contributed by atoms with E-state index in [1.54, 1.807) is 12.1 Å². The van der Waals surface area contributed by atoms with Gasteiger partial charge >= 0.3 is 0 Å². The van der Waals surface area contributed by atoms with Crippen LogP contribution in [0.5, 0.6) is 0 Å². The van der Waals surface area contributed by atoms with Gasteiger partial charge in [-0.25, -0.2) is 9.97 Å². The number of benzene rings is 1. The van der Waals surface area contributed by atoms with E-state index >= 15 is 0 Å². The molecule has 1 aromatic heterocycles. The van der Waals surface area contributed by atoms with Crippen molar-refractivity contribution in [1.29, 1.82) is 0 Å². The van der Waals surface area contributed by atoms with Crippen molar-refractivity contribution >= 4 is 11.5 Å². The molecule has 1 aliphatic carbocycles. The molecule has 2 heterocycles. The maximum atomic E-state index is 11.0. The number of nitrogens with one attached hydrogen (secondary N) is 1. The summed E-state index contributed by atoms with van der Waals surface area (Å²) in [7, 11) is 0. The van der Waals surface area contributed by atoms with E-state index in [0.717, 1.165) is 30.5 Å². The Hall–Kier alpha value is -2.54. The minimum atomic E-state index is -0.398. The molecule has 1 saturated heterocycles. The molecule has 7 nitrogen and oxygen atoms in total. The summed E-state index contributed by atoms with van der Waals surface area (Å²) in [5.74, 6) is 1.30. The molecule has 2 aromatic rings. The summed E-state index contributed by atoms with van der Waals surface area (Å²) in [6.07, 6.45) is 3.74. The first-order chi connectivity index (χ1) is 12.5. The molecule has 2 unspecified atom stereocenters. The van der Waals surface area contributed by atoms with Crippen LogP contribution in [0.3, 0.4) is 0 Å². The lowest BCUT2D eigenvalue weighted by atomic mass is 10.1. The molecular weight excluding hydrogens is 330 g/mol. The number of anilines is 1. The Morgan fingerprint density at radius 2 is 2.08 bits per heavy atom. The monoisotopic (exact) mass is 353 g/mol. The van der Waals surface area contributed by atoms with E-state index in [-0.39, 0.29) is 5.69 Å². The van der Waals surface area contributed by atoms with Gasteiger partial charge in [0.1, 0.15) is 5.82 Å². The lowest BCUT2D eigenvalue weighted by Crippen LogP contribution is -2.31. The summed E-state index contributed by atoms with van der Waals surface area (Å²) in [5, 5.41) is 14.6. The van der Waals surface area contributed by atoms with Gasteiger partial charge in [-0.05, 0) is 33.1 Å². The van der Waals surface area contributed by atoms with Gasteiger partial charge in [-0.15, -0.1) is 0 Å². The predicted octanol–water partition coefficient (Wildman–Crippen LogP) is 3.40. The van der Waals surface area contributed by atoms with Crippen molar-refractivity contribution in [1.82, 2.24) is 14.9 Å². The molecule has 1 N–H and O–H groups in total. The number of nitro groups is 1. The summed E-state index contributed by atoms with van der Waals surface area (Å²) in [5.41, 5.74) is 1.55. The second kappa shape index (κ2) is 6.64. The largest absolute Gasteiger partial charge is 0.366 e. The van der Waals surface area contributed by atoms with Crippen molar-refractivity contribution in [2.75, 3.05) is 11.9 Å². The van der Waals surface area contributed by atoms with Gasteiger partial charge in [0.15, 0.2) is 5.82 Å². The first-order valence-electron chi connectivity index (χ1n) is 9.12. The third-order valence-electron chi connectivity index (χ3n) is 5.16. The lowest BCUT2D eigenvalue weighted by Gasteiger charge is -2.19. The van der Waals surface area contributed by atoms with Gasteiger partial charge in [-0.3, -0.25) is 15.0 Å². The minimum absolute atomic E-state index is 0.0480. The molecule has 136 valence electrons. The van der Waals surface area contributed by atoms with Crippen molar-refractivity contribution in [2.24, 2.45) is 0 Å². The molecule has 2 aliphatic rings. The van der Waals surface area contributed by atoms with Crippen LogP contribution in [0, 0.1) is 17.0 Å². The SMILES string of the molecule is Cc1cc(NC2CC(C)N(C3CC3)C2)nc(-c2cccc([N+](=O)[O-])c2)n1. The quantitative estimate of drug-likeness (QED) is 0.655. The standard InChI is InChI=1S/C19H23N5O2/c1-12-8-18(21-15-9-13(2)23(11-15)16-6-7-16)22-19(20-12)14-4-3-5-17(10-14)24(25)26/h3-5,8,10,13,15-16H,6-7,9,11H2,1-2H3,(H,20,21,22). The molecule has 1 saturated carbocycles. The number of hydrogen-bond acceptors (Lipinski definition) is 6. The van der Waals surface area contributed by atoms with Crippen molar-refractivity contribution < 1.29 is 4.92 Å². The number of non-ortho nitro benzene ring substituents is 1. The van der Waals surface area contributed by atoms with Crippen LogP contribution >= 0.6 is 0 Å². The van der Waals surface area contributed by atoms with E-state index in [4.69, 9.17) is 0 Å². The van der Waals surface area contributed by atoms with E-state index < -0.39 is 4.92 Å². The van der Waals surface area contributed by atoms with Gasteiger partial charge in [0.2, 0.25) is 0 Å². The number of nitrogens with zero attached hydrogens (tertiary/aromatic N) is 4. The fraction of sp³-hybridized carbons (Fsp3) is 0.474. The number of rotatable bonds is 5. The Kier molecular flexibility index (Phi) is 4.32. The highest BCUT2D eigenvalue weighted by Gasteiger charge is 2.38. The second-order valence-corrected chi connectivity index (χ2v) is 7.38. The number of hydrogen-bond donors (Lipinski definition) is 1. The highest BCUT2D eigenvalue weighted by Crippen LogP contribution is 2.34. The number of aromatic nitrogens is 2. The Morgan fingerprint density at radius 1 is 1.27 bits per heavy atom. The van der Waals surface area contributed by atoms with E-state index in [0.29, 0.717) is 23.5 Å². The zero-order valence-electron chi connectivity index (χ0n) is 15.1. The van der Waals surface area contributed by atoms with Gasteiger partial charge < -0.3 is 5.32 Å². The minimum Gasteiger partial charge on any atom is -0.366 e. The third-order valence-corrected chi connectivity index (χ3v) is 5.16. The average Bonchev–Trinajstić information content (AvgIpc) is 3.38. The van der Waals surface area contributed by atoms with Gasteiger partial charge in [0, 0.05) is 54.1 Å². The summed E-state index contributed by atoms with van der Waals surface area (Å²) in [4.78, 5) is 22.3. The van der Waals surface area contributed by atoms with Crippen LogP contribution < -0.4 is 5.32 Å². The molecule has 0 radical (unpaired) electrons. The first kappa shape index (κ1) is 16.9. The van der Waals surface area contributed by atoms with E-state index in [2.05, 4.69) is 27.1 Å². The predicted molar refractivity (Wildman–Crippen MR) is 100 cm³/mol. The molecule has 1 aliphatic heterocycles. The molecule has 7 heteroatoms. The molecule has 4 rings (SSSR count). The normalized spacial score (nSPS) is 23.2. The Balaban J connectivity index is 1.55. The second-order valence-electron chi connectivity index (χ2n) is 7.38. The van der Waals surface area contributed by atoms with Gasteiger partial charge in [-0.1, -0.05) is 12.1 Å². The summed E-state index contributed by atoms with van der Waals surface area (Å²) in [6, 6.07) is 10.1.